The molecule has 3 heteroatoms. The van der Waals surface area contributed by atoms with Crippen LogP contribution in [0.4, 0.5) is 0 Å². The van der Waals surface area contributed by atoms with E-state index in [1.807, 2.05) is 12.1 Å². The second kappa shape index (κ2) is 3.74. The van der Waals surface area contributed by atoms with Crippen molar-refractivity contribution >= 4 is 0 Å². The fourth-order valence-electron chi connectivity index (χ4n) is 2.16. The summed E-state index contributed by atoms with van der Waals surface area (Å²) in [5, 5.41) is 3.30. The van der Waals surface area contributed by atoms with E-state index >= 15 is 0 Å². The normalized spacial score (nSPS) is 23.6. The zero-order valence-corrected chi connectivity index (χ0v) is 8.66. The predicted octanol–water partition coefficient (Wildman–Crippen LogP) is 1.36. The Hall–Kier alpha value is -1.22. The zero-order chi connectivity index (χ0) is 10.1. The molecular formula is C12H15NO2. The van der Waals surface area contributed by atoms with E-state index in [0.717, 1.165) is 44.0 Å². The van der Waals surface area contributed by atoms with Gasteiger partial charge in [0.25, 0.3) is 0 Å². The molecule has 1 aromatic rings. The van der Waals surface area contributed by atoms with E-state index in [4.69, 9.17) is 9.47 Å². The van der Waals surface area contributed by atoms with Crippen LogP contribution in [0.5, 0.6) is 11.5 Å². The van der Waals surface area contributed by atoms with Gasteiger partial charge in [0.1, 0.15) is 17.6 Å². The summed E-state index contributed by atoms with van der Waals surface area (Å²) in [6.45, 7) is 2.84. The van der Waals surface area contributed by atoms with Crippen molar-refractivity contribution in [1.29, 1.82) is 0 Å². The third kappa shape index (κ3) is 1.79. The number of fused-ring (bicyclic) bond motifs is 1. The van der Waals surface area contributed by atoms with Crippen LogP contribution in [0.3, 0.4) is 0 Å². The van der Waals surface area contributed by atoms with Crippen molar-refractivity contribution in [1.82, 2.24) is 5.32 Å². The van der Waals surface area contributed by atoms with Gasteiger partial charge in [-0.2, -0.15) is 0 Å². The summed E-state index contributed by atoms with van der Waals surface area (Å²) < 4.78 is 11.3. The molecule has 0 spiro atoms. The highest BCUT2D eigenvalue weighted by Crippen LogP contribution is 2.29. The summed E-state index contributed by atoms with van der Waals surface area (Å²) in [5.74, 6) is 2.00. The van der Waals surface area contributed by atoms with Gasteiger partial charge in [-0.15, -0.1) is 0 Å². The Bertz CT molecular complexity index is 359. The summed E-state index contributed by atoms with van der Waals surface area (Å²) in [6, 6.07) is 6.13. The molecule has 1 N–H and O–H groups in total. The first-order valence-electron chi connectivity index (χ1n) is 5.55. The molecule has 3 rings (SSSR count). The lowest BCUT2D eigenvalue weighted by Crippen LogP contribution is -2.19. The van der Waals surface area contributed by atoms with Gasteiger partial charge >= 0.3 is 0 Å². The summed E-state index contributed by atoms with van der Waals surface area (Å²) in [5.41, 5.74) is 1.28. The number of rotatable bonds is 2. The average Bonchev–Trinajstić information content (AvgIpc) is 2.87. The van der Waals surface area contributed by atoms with E-state index in [1.165, 1.54) is 5.56 Å². The molecule has 2 aliphatic rings. The van der Waals surface area contributed by atoms with Gasteiger partial charge in [0, 0.05) is 18.5 Å². The van der Waals surface area contributed by atoms with Crippen molar-refractivity contribution in [2.24, 2.45) is 0 Å². The van der Waals surface area contributed by atoms with Gasteiger partial charge in [0.05, 0.1) is 6.61 Å². The van der Waals surface area contributed by atoms with E-state index in [0.29, 0.717) is 6.10 Å². The topological polar surface area (TPSA) is 30.5 Å². The standard InChI is InChI=1S/C12H15NO2/c1-2-12-9(4-6-14-12)7-10(1)15-11-3-5-13-8-11/h1-2,7,11,13H,3-6,8H2/t11-/m1/s1. The quantitative estimate of drug-likeness (QED) is 0.790. The van der Waals surface area contributed by atoms with Crippen molar-refractivity contribution in [3.63, 3.8) is 0 Å². The molecule has 1 aromatic carbocycles. The average molecular weight is 205 g/mol. The Morgan fingerprint density at radius 1 is 1.40 bits per heavy atom. The van der Waals surface area contributed by atoms with Crippen molar-refractivity contribution in [2.75, 3.05) is 19.7 Å². The molecule has 15 heavy (non-hydrogen) atoms. The molecule has 1 fully saturated rings. The first-order valence-corrected chi connectivity index (χ1v) is 5.55. The smallest absolute Gasteiger partial charge is 0.122 e. The van der Waals surface area contributed by atoms with Crippen LogP contribution < -0.4 is 14.8 Å². The van der Waals surface area contributed by atoms with E-state index in [9.17, 15) is 0 Å². The molecule has 0 radical (unpaired) electrons. The van der Waals surface area contributed by atoms with E-state index in [-0.39, 0.29) is 0 Å². The maximum Gasteiger partial charge on any atom is 0.122 e. The van der Waals surface area contributed by atoms with E-state index < -0.39 is 0 Å². The molecule has 1 atom stereocenters. The van der Waals surface area contributed by atoms with Crippen molar-refractivity contribution in [2.45, 2.75) is 18.9 Å². The Morgan fingerprint density at radius 2 is 2.40 bits per heavy atom. The van der Waals surface area contributed by atoms with Gasteiger partial charge in [0.2, 0.25) is 0 Å². The lowest BCUT2D eigenvalue weighted by atomic mass is 10.1. The number of nitrogens with one attached hydrogen (secondary N) is 1. The lowest BCUT2D eigenvalue weighted by Gasteiger charge is -2.12. The van der Waals surface area contributed by atoms with Gasteiger partial charge in [-0.25, -0.2) is 0 Å². The SMILES string of the molecule is c1cc2c(cc1O[C@@H]1CCNC1)CCO2. The molecule has 80 valence electrons. The molecule has 0 aliphatic carbocycles. The van der Waals surface area contributed by atoms with Crippen LogP contribution in [0, 0.1) is 0 Å². The zero-order valence-electron chi connectivity index (χ0n) is 8.66. The molecule has 2 aliphatic heterocycles. The number of ether oxygens (including phenoxy) is 2. The minimum Gasteiger partial charge on any atom is -0.493 e. The Morgan fingerprint density at radius 3 is 3.27 bits per heavy atom. The number of benzene rings is 1. The summed E-state index contributed by atoms with van der Waals surface area (Å²) in [6.07, 6.45) is 2.45. The number of hydrogen-bond donors (Lipinski definition) is 1. The molecular weight excluding hydrogens is 190 g/mol. The maximum absolute atomic E-state index is 5.88. The highest BCUT2D eigenvalue weighted by Gasteiger charge is 2.17. The van der Waals surface area contributed by atoms with Crippen LogP contribution in [-0.4, -0.2) is 25.8 Å². The molecule has 0 bridgehead atoms. The third-order valence-electron chi connectivity index (χ3n) is 2.98. The van der Waals surface area contributed by atoms with E-state index in [1.54, 1.807) is 0 Å². The van der Waals surface area contributed by atoms with Crippen LogP contribution in [0.15, 0.2) is 18.2 Å². The molecule has 0 aromatic heterocycles. The molecule has 3 nitrogen and oxygen atoms in total. The Balaban J connectivity index is 1.75. The van der Waals surface area contributed by atoms with Gasteiger partial charge in [-0.05, 0) is 31.2 Å². The van der Waals surface area contributed by atoms with Crippen LogP contribution in [-0.2, 0) is 6.42 Å². The Labute approximate surface area is 89.4 Å². The first-order chi connectivity index (χ1) is 7.42. The summed E-state index contributed by atoms with van der Waals surface area (Å²) in [4.78, 5) is 0. The number of hydrogen-bond acceptors (Lipinski definition) is 3. The van der Waals surface area contributed by atoms with E-state index in [2.05, 4.69) is 11.4 Å². The van der Waals surface area contributed by atoms with Gasteiger partial charge < -0.3 is 14.8 Å². The molecule has 2 heterocycles. The minimum absolute atomic E-state index is 0.338. The summed E-state index contributed by atoms with van der Waals surface area (Å²) >= 11 is 0. The van der Waals surface area contributed by atoms with Crippen LogP contribution >= 0.6 is 0 Å². The minimum atomic E-state index is 0.338. The molecule has 0 amide bonds. The van der Waals surface area contributed by atoms with Crippen molar-refractivity contribution in [3.8, 4) is 11.5 Å². The highest BCUT2D eigenvalue weighted by molar-refractivity contribution is 5.42. The van der Waals surface area contributed by atoms with Crippen LogP contribution in [0.1, 0.15) is 12.0 Å². The molecule has 0 unspecified atom stereocenters. The lowest BCUT2D eigenvalue weighted by molar-refractivity contribution is 0.223. The predicted molar refractivity (Wildman–Crippen MR) is 57.5 cm³/mol. The van der Waals surface area contributed by atoms with Gasteiger partial charge in [-0.1, -0.05) is 0 Å². The first kappa shape index (κ1) is 9.04. The van der Waals surface area contributed by atoms with Crippen molar-refractivity contribution in [3.05, 3.63) is 23.8 Å². The highest BCUT2D eigenvalue weighted by atomic mass is 16.5. The van der Waals surface area contributed by atoms with Gasteiger partial charge in [0.15, 0.2) is 0 Å². The molecule has 0 saturated carbocycles. The largest absolute Gasteiger partial charge is 0.493 e. The van der Waals surface area contributed by atoms with Crippen LogP contribution in [0.2, 0.25) is 0 Å². The fourth-order valence-corrected chi connectivity index (χ4v) is 2.16. The maximum atomic E-state index is 5.88. The van der Waals surface area contributed by atoms with Crippen LogP contribution in [0.25, 0.3) is 0 Å². The second-order valence-corrected chi connectivity index (χ2v) is 4.10. The molecule has 1 saturated heterocycles. The Kier molecular flexibility index (Phi) is 2.25. The summed E-state index contributed by atoms with van der Waals surface area (Å²) in [7, 11) is 0. The second-order valence-electron chi connectivity index (χ2n) is 4.10. The monoisotopic (exact) mass is 205 g/mol. The third-order valence-corrected chi connectivity index (χ3v) is 2.98. The fraction of sp³-hybridized carbons (Fsp3) is 0.500. The van der Waals surface area contributed by atoms with Crippen molar-refractivity contribution < 1.29 is 9.47 Å². The van der Waals surface area contributed by atoms with Gasteiger partial charge in [-0.3, -0.25) is 0 Å².